The maximum absolute atomic E-state index is 11.5. The molecule has 0 nitrogen and oxygen atoms in total. The van der Waals surface area contributed by atoms with Gasteiger partial charge in [0.1, 0.15) is 0 Å². The van der Waals surface area contributed by atoms with Crippen molar-refractivity contribution in [2.24, 2.45) is 0 Å². The van der Waals surface area contributed by atoms with Gasteiger partial charge in [0.05, 0.1) is 0 Å². The lowest BCUT2D eigenvalue weighted by Crippen LogP contribution is -1.79. The summed E-state index contributed by atoms with van der Waals surface area (Å²) in [5.74, 6) is 3.20. The maximum Gasteiger partial charge on any atom is 0.266 e. The smallest absolute Gasteiger partial charge is 0.174 e. The predicted octanol–water partition coefficient (Wildman–Crippen LogP) is 4.24. The molecule has 12 heavy (non-hydrogen) atoms. The van der Waals surface area contributed by atoms with E-state index in [1.165, 1.54) is 0 Å². The van der Waals surface area contributed by atoms with Gasteiger partial charge in [0.25, 0.3) is 6.08 Å². The van der Waals surface area contributed by atoms with E-state index in [0.717, 1.165) is 31.1 Å². The van der Waals surface area contributed by atoms with Crippen molar-refractivity contribution in [3.05, 3.63) is 17.9 Å². The summed E-state index contributed by atoms with van der Waals surface area (Å²) >= 11 is 1.78. The highest BCUT2D eigenvalue weighted by Crippen LogP contribution is 2.12. The van der Waals surface area contributed by atoms with Crippen LogP contribution in [0.2, 0.25) is 0 Å². The first-order valence-electron chi connectivity index (χ1n) is 4.21. The summed E-state index contributed by atoms with van der Waals surface area (Å²) in [4.78, 5) is 0. The van der Waals surface area contributed by atoms with Crippen LogP contribution in [-0.2, 0) is 0 Å². The van der Waals surface area contributed by atoms with Crippen LogP contribution in [0, 0.1) is 5.75 Å². The number of thioether (sulfide) groups is 1. The van der Waals surface area contributed by atoms with Crippen molar-refractivity contribution < 1.29 is 8.78 Å². The molecule has 0 rings (SSSR count). The van der Waals surface area contributed by atoms with E-state index in [4.69, 9.17) is 0 Å². The van der Waals surface area contributed by atoms with E-state index < -0.39 is 6.08 Å². The van der Waals surface area contributed by atoms with Gasteiger partial charge in [-0.3, -0.25) is 0 Å². The minimum Gasteiger partial charge on any atom is -0.174 e. The number of rotatable bonds is 7. The molecule has 0 aromatic carbocycles. The molecular weight excluding hydrogens is 178 g/mol. The lowest BCUT2D eigenvalue weighted by atomic mass is 10.2. The quantitative estimate of drug-likeness (QED) is 0.545. The van der Waals surface area contributed by atoms with E-state index in [0.29, 0.717) is 6.42 Å². The van der Waals surface area contributed by atoms with Gasteiger partial charge in [-0.25, -0.2) is 0 Å². The normalized spacial score (nSPS) is 9.92. The van der Waals surface area contributed by atoms with Crippen LogP contribution in [0.15, 0.2) is 12.2 Å². The summed E-state index contributed by atoms with van der Waals surface area (Å²) in [7, 11) is 0. The van der Waals surface area contributed by atoms with E-state index in [-0.39, 0.29) is 0 Å². The predicted molar refractivity (Wildman–Crippen MR) is 51.2 cm³/mol. The zero-order valence-corrected chi connectivity index (χ0v) is 8.17. The Morgan fingerprint density at radius 1 is 1.33 bits per heavy atom. The lowest BCUT2D eigenvalue weighted by Gasteiger charge is -1.96. The fourth-order valence-electron chi connectivity index (χ4n) is 0.742. The summed E-state index contributed by atoms with van der Waals surface area (Å²) in [5.41, 5.74) is 0. The van der Waals surface area contributed by atoms with Crippen molar-refractivity contribution in [3.63, 3.8) is 0 Å². The Hall–Kier alpha value is -0.0500. The zero-order valence-electron chi connectivity index (χ0n) is 7.35. The summed E-state index contributed by atoms with van der Waals surface area (Å²) in [5, 5.41) is 0. The molecule has 0 atom stereocenters. The van der Waals surface area contributed by atoms with E-state index in [2.05, 4.69) is 12.7 Å². The van der Waals surface area contributed by atoms with Crippen LogP contribution in [0.5, 0.6) is 0 Å². The second-order valence-electron chi connectivity index (χ2n) is 2.44. The average molecular weight is 193 g/mol. The molecular formula is C9H15F2S. The molecule has 1 radical (unpaired) electrons. The van der Waals surface area contributed by atoms with Gasteiger partial charge in [0.15, 0.2) is 0 Å². The van der Waals surface area contributed by atoms with Crippen molar-refractivity contribution in [2.45, 2.75) is 32.6 Å². The third-order valence-electron chi connectivity index (χ3n) is 1.30. The molecule has 0 heterocycles. The Labute approximate surface area is 77.4 Å². The highest BCUT2D eigenvalue weighted by Gasteiger charge is 1.90. The maximum atomic E-state index is 11.5. The Balaban J connectivity index is 2.96. The molecule has 0 aliphatic carbocycles. The molecule has 71 valence electrons. The third-order valence-corrected chi connectivity index (χ3v) is 2.39. The first kappa shape index (κ1) is 11.9. The van der Waals surface area contributed by atoms with Crippen molar-refractivity contribution in [3.8, 4) is 0 Å². The molecule has 0 saturated heterocycles. The SMILES string of the molecule is CC[CH]SCCCCC=C(F)F. The van der Waals surface area contributed by atoms with Gasteiger partial charge in [0.2, 0.25) is 0 Å². The van der Waals surface area contributed by atoms with Gasteiger partial charge >= 0.3 is 0 Å². The molecule has 0 amide bonds. The van der Waals surface area contributed by atoms with Gasteiger partial charge in [-0.05, 0) is 37.5 Å². The molecule has 0 spiro atoms. The van der Waals surface area contributed by atoms with Gasteiger partial charge in [-0.1, -0.05) is 6.92 Å². The Morgan fingerprint density at radius 3 is 2.67 bits per heavy atom. The summed E-state index contributed by atoms with van der Waals surface area (Å²) in [6.45, 7) is 2.09. The first-order chi connectivity index (χ1) is 5.77. The molecule has 0 bridgehead atoms. The Morgan fingerprint density at radius 2 is 2.08 bits per heavy atom. The highest BCUT2D eigenvalue weighted by atomic mass is 32.2. The molecule has 3 heteroatoms. The van der Waals surface area contributed by atoms with Crippen molar-refractivity contribution in [2.75, 3.05) is 5.75 Å². The average Bonchev–Trinajstić information content (AvgIpc) is 2.02. The molecule has 0 aromatic heterocycles. The van der Waals surface area contributed by atoms with Gasteiger partial charge in [-0.15, -0.1) is 0 Å². The summed E-state index contributed by atoms with van der Waals surface area (Å²) in [6, 6.07) is 0. The molecule has 0 unspecified atom stereocenters. The van der Waals surface area contributed by atoms with Crippen molar-refractivity contribution in [1.29, 1.82) is 0 Å². The minimum absolute atomic E-state index is 0.509. The number of allylic oxidation sites excluding steroid dienone is 1. The molecule has 0 aliphatic heterocycles. The Kier molecular flexibility index (Phi) is 9.00. The zero-order chi connectivity index (χ0) is 9.23. The fourth-order valence-corrected chi connectivity index (χ4v) is 1.52. The van der Waals surface area contributed by atoms with Gasteiger partial charge < -0.3 is 0 Å². The molecule has 0 saturated carbocycles. The minimum atomic E-state index is -1.55. The number of hydrogen-bond donors (Lipinski definition) is 0. The second kappa shape index (κ2) is 9.04. The number of halogens is 2. The van der Waals surface area contributed by atoms with Crippen molar-refractivity contribution in [1.82, 2.24) is 0 Å². The van der Waals surface area contributed by atoms with Crippen LogP contribution in [0.25, 0.3) is 0 Å². The van der Waals surface area contributed by atoms with Crippen LogP contribution in [-0.4, -0.2) is 5.75 Å². The third kappa shape index (κ3) is 9.95. The van der Waals surface area contributed by atoms with Crippen LogP contribution in [0.3, 0.4) is 0 Å². The lowest BCUT2D eigenvalue weighted by molar-refractivity contribution is 0.417. The largest absolute Gasteiger partial charge is 0.266 e. The number of unbranched alkanes of at least 4 members (excludes halogenated alkanes) is 2. The summed E-state index contributed by atoms with van der Waals surface area (Å²) in [6.07, 6.45) is 2.91. The van der Waals surface area contributed by atoms with E-state index in [1.54, 1.807) is 11.8 Å². The van der Waals surface area contributed by atoms with E-state index in [1.807, 2.05) is 0 Å². The van der Waals surface area contributed by atoms with Crippen molar-refractivity contribution >= 4 is 11.8 Å². The topological polar surface area (TPSA) is 0 Å². The fraction of sp³-hybridized carbons (Fsp3) is 0.667. The molecule has 0 N–H and O–H groups in total. The Bertz CT molecular complexity index is 120. The highest BCUT2D eigenvalue weighted by molar-refractivity contribution is 8.01. The summed E-state index contributed by atoms with van der Waals surface area (Å²) < 4.78 is 23.0. The standard InChI is InChI=1S/C9H15F2S/c1-2-7-12-8-5-3-4-6-9(10)11/h6-7H,2-5,8H2,1H3. The molecule has 0 aliphatic rings. The van der Waals surface area contributed by atoms with Crippen LogP contribution in [0.1, 0.15) is 32.6 Å². The number of hydrogen-bond acceptors (Lipinski definition) is 1. The first-order valence-corrected chi connectivity index (χ1v) is 5.26. The van der Waals surface area contributed by atoms with E-state index >= 15 is 0 Å². The van der Waals surface area contributed by atoms with E-state index in [9.17, 15) is 8.78 Å². The molecule has 0 fully saturated rings. The van der Waals surface area contributed by atoms with Crippen LogP contribution >= 0.6 is 11.8 Å². The van der Waals surface area contributed by atoms with Crippen LogP contribution < -0.4 is 0 Å². The molecule has 0 aromatic rings. The van der Waals surface area contributed by atoms with Gasteiger partial charge in [-0.2, -0.15) is 20.5 Å². The van der Waals surface area contributed by atoms with Gasteiger partial charge in [0, 0.05) is 5.75 Å². The second-order valence-corrected chi connectivity index (χ2v) is 3.51. The monoisotopic (exact) mass is 193 g/mol. The van der Waals surface area contributed by atoms with Crippen LogP contribution in [0.4, 0.5) is 8.78 Å².